The molecule has 0 unspecified atom stereocenters. The van der Waals surface area contributed by atoms with Crippen LogP contribution < -0.4 is 11.2 Å². The number of fused-ring (bicyclic) bond motifs is 2. The molecule has 2 aliphatic rings. The van der Waals surface area contributed by atoms with Gasteiger partial charge in [-0.05, 0) is 56.2 Å². The maximum absolute atomic E-state index is 13.3. The van der Waals surface area contributed by atoms with Gasteiger partial charge in [-0.15, -0.1) is 0 Å². The van der Waals surface area contributed by atoms with E-state index in [0.29, 0.717) is 24.4 Å². The van der Waals surface area contributed by atoms with Gasteiger partial charge in [0.25, 0.3) is 5.56 Å². The summed E-state index contributed by atoms with van der Waals surface area (Å²) in [5, 5.41) is 0. The van der Waals surface area contributed by atoms with Crippen molar-refractivity contribution in [3.63, 3.8) is 0 Å². The molecule has 2 aliphatic heterocycles. The van der Waals surface area contributed by atoms with Crippen molar-refractivity contribution in [2.24, 2.45) is 0 Å². The maximum atomic E-state index is 13.3. The predicted molar refractivity (Wildman–Crippen MR) is 112 cm³/mol. The Morgan fingerprint density at radius 1 is 0.966 bits per heavy atom. The third kappa shape index (κ3) is 3.23. The Morgan fingerprint density at radius 3 is 2.34 bits per heavy atom. The molecule has 7 heteroatoms. The average Bonchev–Trinajstić information content (AvgIpc) is 2.69. The Hall–Kier alpha value is -3.32. The maximum Gasteiger partial charge on any atom is 0.357 e. The van der Waals surface area contributed by atoms with Gasteiger partial charge < -0.3 is 9.30 Å². The Morgan fingerprint density at radius 2 is 1.66 bits per heavy atom. The zero-order chi connectivity index (χ0) is 20.7. The molecule has 0 spiro atoms. The van der Waals surface area contributed by atoms with Crippen molar-refractivity contribution in [3.8, 4) is 17.2 Å². The number of hydrogen-bond donors (Lipinski definition) is 0. The molecule has 0 saturated heterocycles. The summed E-state index contributed by atoms with van der Waals surface area (Å²) in [6, 6.07) is 11.1. The molecule has 0 atom stereocenters. The Bertz CT molecular complexity index is 1300. The highest BCUT2D eigenvalue weighted by Crippen LogP contribution is 2.24. The van der Waals surface area contributed by atoms with Crippen LogP contribution >= 0.6 is 0 Å². The van der Waals surface area contributed by atoms with Crippen molar-refractivity contribution in [3.05, 3.63) is 73.9 Å². The highest BCUT2D eigenvalue weighted by Gasteiger charge is 2.22. The zero-order valence-corrected chi connectivity index (χ0v) is 16.9. The molecule has 2 heterocycles. The van der Waals surface area contributed by atoms with Crippen LogP contribution in [0.25, 0.3) is 28.2 Å². The molecule has 0 fully saturated rings. The lowest BCUT2D eigenvalue weighted by atomic mass is 10.1. The van der Waals surface area contributed by atoms with Gasteiger partial charge in [0.05, 0.1) is 23.3 Å². The van der Waals surface area contributed by atoms with Crippen LogP contribution in [0.1, 0.15) is 16.7 Å². The van der Waals surface area contributed by atoms with Crippen molar-refractivity contribution < 1.29 is 4.74 Å². The van der Waals surface area contributed by atoms with Crippen molar-refractivity contribution in [2.45, 2.75) is 27.3 Å². The summed E-state index contributed by atoms with van der Waals surface area (Å²) in [5.74, 6) is 0.274. The smallest absolute Gasteiger partial charge is 0.357 e. The summed E-state index contributed by atoms with van der Waals surface area (Å²) in [7, 11) is 1.61. The summed E-state index contributed by atoms with van der Waals surface area (Å²) in [6.45, 7) is 6.84. The van der Waals surface area contributed by atoms with Crippen LogP contribution in [-0.4, -0.2) is 32.8 Å². The van der Waals surface area contributed by atoms with Crippen molar-refractivity contribution in [1.29, 1.82) is 0 Å². The van der Waals surface area contributed by atoms with E-state index < -0.39 is 11.2 Å². The van der Waals surface area contributed by atoms with Gasteiger partial charge in [-0.3, -0.25) is 4.79 Å². The number of aryl methyl sites for hydroxylation is 3. The molecule has 29 heavy (non-hydrogen) atoms. The molecular weight excluding hydrogens is 368 g/mol. The van der Waals surface area contributed by atoms with Gasteiger partial charge in [-0.2, -0.15) is 4.98 Å². The second-order valence-corrected chi connectivity index (χ2v) is 7.22. The highest BCUT2D eigenvalue weighted by atomic mass is 16.5. The topological polar surface area (TPSA) is 79.0 Å². The lowest BCUT2D eigenvalue weighted by molar-refractivity contribution is 0.188. The molecule has 148 valence electrons. The normalized spacial score (nSPS) is 11.4. The number of ether oxygens (including phenoxy) is 1. The first-order chi connectivity index (χ1) is 13.9. The predicted octanol–water partition coefficient (Wildman–Crippen LogP) is 2.62. The van der Waals surface area contributed by atoms with E-state index in [-0.39, 0.29) is 11.5 Å². The summed E-state index contributed by atoms with van der Waals surface area (Å²) in [6.07, 6.45) is 0. The minimum Gasteiger partial charge on any atom is -0.383 e. The SMILES string of the molecule is COCCn1c2nc(=O)n(-c3ccc(C)cc3)c(=O)c-2nc2cc(C)c(C)cc21. The Kier molecular flexibility index (Phi) is 4.76. The fourth-order valence-electron chi connectivity index (χ4n) is 3.42. The van der Waals surface area contributed by atoms with Gasteiger partial charge in [-0.25, -0.2) is 14.3 Å². The summed E-state index contributed by atoms with van der Waals surface area (Å²) < 4.78 is 8.15. The lowest BCUT2D eigenvalue weighted by Crippen LogP contribution is -2.37. The number of hydrogen-bond acceptors (Lipinski definition) is 5. The molecule has 2 aromatic rings. The number of rotatable bonds is 4. The molecule has 0 bridgehead atoms. The zero-order valence-electron chi connectivity index (χ0n) is 16.9. The highest BCUT2D eigenvalue weighted by molar-refractivity contribution is 5.81. The molecule has 4 rings (SSSR count). The van der Waals surface area contributed by atoms with E-state index in [1.807, 2.05) is 49.6 Å². The van der Waals surface area contributed by atoms with Gasteiger partial charge in [0.15, 0.2) is 11.5 Å². The van der Waals surface area contributed by atoms with Gasteiger partial charge in [0.2, 0.25) is 0 Å². The molecule has 0 aliphatic carbocycles. The van der Waals surface area contributed by atoms with Gasteiger partial charge in [0.1, 0.15) is 0 Å². The first-order valence-electron chi connectivity index (χ1n) is 9.41. The van der Waals surface area contributed by atoms with Crippen molar-refractivity contribution in [1.82, 2.24) is 19.1 Å². The van der Waals surface area contributed by atoms with Crippen LogP contribution in [0, 0.1) is 20.8 Å². The van der Waals surface area contributed by atoms with Crippen LogP contribution in [0.3, 0.4) is 0 Å². The molecule has 0 saturated carbocycles. The van der Waals surface area contributed by atoms with Gasteiger partial charge in [-0.1, -0.05) is 17.7 Å². The van der Waals surface area contributed by atoms with Crippen LogP contribution in [0.15, 0.2) is 46.0 Å². The number of aromatic nitrogens is 4. The quantitative estimate of drug-likeness (QED) is 0.501. The second-order valence-electron chi connectivity index (χ2n) is 7.22. The molecule has 0 amide bonds. The molecule has 2 aromatic carbocycles. The first-order valence-corrected chi connectivity index (χ1v) is 9.41. The minimum absolute atomic E-state index is 0.164. The summed E-state index contributed by atoms with van der Waals surface area (Å²) in [5.41, 5.74) is 4.26. The minimum atomic E-state index is -0.623. The Balaban J connectivity index is 2.10. The van der Waals surface area contributed by atoms with Crippen LogP contribution in [0.4, 0.5) is 0 Å². The van der Waals surface area contributed by atoms with E-state index in [0.717, 1.165) is 26.8 Å². The van der Waals surface area contributed by atoms with E-state index in [1.165, 1.54) is 0 Å². The number of methoxy groups -OCH3 is 1. The second kappa shape index (κ2) is 7.25. The third-order valence-electron chi connectivity index (χ3n) is 5.19. The van der Waals surface area contributed by atoms with Crippen LogP contribution in [0.2, 0.25) is 0 Å². The van der Waals surface area contributed by atoms with E-state index >= 15 is 0 Å². The van der Waals surface area contributed by atoms with E-state index in [9.17, 15) is 9.59 Å². The monoisotopic (exact) mass is 390 g/mol. The fraction of sp³-hybridized carbons (Fsp3) is 0.273. The average molecular weight is 390 g/mol. The largest absolute Gasteiger partial charge is 0.383 e. The van der Waals surface area contributed by atoms with Crippen LogP contribution in [0.5, 0.6) is 0 Å². The van der Waals surface area contributed by atoms with Crippen molar-refractivity contribution in [2.75, 3.05) is 13.7 Å². The third-order valence-corrected chi connectivity index (χ3v) is 5.19. The number of nitrogens with zero attached hydrogens (tertiary/aromatic N) is 4. The molecule has 7 nitrogen and oxygen atoms in total. The molecular formula is C22H22N4O3. The van der Waals surface area contributed by atoms with E-state index in [4.69, 9.17) is 4.74 Å². The lowest BCUT2D eigenvalue weighted by Gasteiger charge is -2.18. The fourth-order valence-corrected chi connectivity index (χ4v) is 3.42. The first kappa shape index (κ1) is 19.0. The van der Waals surface area contributed by atoms with Crippen molar-refractivity contribution >= 4 is 11.0 Å². The molecule has 0 aromatic heterocycles. The Labute approximate surface area is 167 Å². The number of benzene rings is 2. The van der Waals surface area contributed by atoms with Gasteiger partial charge >= 0.3 is 5.69 Å². The summed E-state index contributed by atoms with van der Waals surface area (Å²) in [4.78, 5) is 34.9. The van der Waals surface area contributed by atoms with E-state index in [2.05, 4.69) is 9.97 Å². The molecule has 0 radical (unpaired) electrons. The summed E-state index contributed by atoms with van der Waals surface area (Å²) >= 11 is 0. The van der Waals surface area contributed by atoms with Crippen LogP contribution in [-0.2, 0) is 11.3 Å². The van der Waals surface area contributed by atoms with E-state index in [1.54, 1.807) is 19.2 Å². The van der Waals surface area contributed by atoms with Gasteiger partial charge in [0, 0.05) is 13.7 Å². The standard InChI is InChI=1S/C22H22N4O3/c1-13-5-7-16(8-6-13)26-21(27)19-20(24-22(26)28)25(9-10-29-4)18-12-15(3)14(2)11-17(18)23-19/h5-8,11-12H,9-10H2,1-4H3. The molecule has 0 N–H and O–H groups in total.